The number of carbonyl (C=O) groups is 4. The third-order valence-corrected chi connectivity index (χ3v) is 7.46. The number of ether oxygens (including phenoxy) is 1. The Morgan fingerprint density at radius 1 is 1.18 bits per heavy atom. The molecule has 2 atom stereocenters. The Morgan fingerprint density at radius 3 is 2.35 bits per heavy atom. The molecule has 4 amide bonds. The molecule has 2 N–H and O–H groups in total. The average Bonchev–Trinajstić information content (AvgIpc) is 3.22. The molecule has 0 saturated carbocycles. The molecule has 0 aliphatic carbocycles. The molecule has 1 aliphatic rings. The van der Waals surface area contributed by atoms with Gasteiger partial charge in [-0.1, -0.05) is 33.8 Å². The largest absolute Gasteiger partial charge is 0.451 e. The first-order valence-electron chi connectivity index (χ1n) is 11.1. The van der Waals surface area contributed by atoms with Crippen molar-refractivity contribution in [1.82, 2.24) is 19.8 Å². The maximum atomic E-state index is 12.9. The molecule has 0 radical (unpaired) electrons. The zero-order valence-corrected chi connectivity index (χ0v) is 20.8. The van der Waals surface area contributed by atoms with E-state index in [-0.39, 0.29) is 30.1 Å². The highest BCUT2D eigenvalue weighted by atomic mass is 32.2. The van der Waals surface area contributed by atoms with Crippen LogP contribution in [-0.4, -0.2) is 79.8 Å². The van der Waals surface area contributed by atoms with Crippen LogP contribution >= 0.6 is 0 Å². The molecule has 11 nitrogen and oxygen atoms in total. The molecule has 1 heterocycles. The van der Waals surface area contributed by atoms with Crippen LogP contribution in [0.5, 0.6) is 0 Å². The second-order valence-electron chi connectivity index (χ2n) is 8.11. The Balaban J connectivity index is 2.15. The van der Waals surface area contributed by atoms with Gasteiger partial charge in [0, 0.05) is 31.7 Å². The van der Waals surface area contributed by atoms with E-state index in [4.69, 9.17) is 4.74 Å². The van der Waals surface area contributed by atoms with Crippen LogP contribution in [0.15, 0.2) is 29.2 Å². The number of rotatable bonds is 10. The van der Waals surface area contributed by atoms with Crippen molar-refractivity contribution in [3.63, 3.8) is 0 Å². The summed E-state index contributed by atoms with van der Waals surface area (Å²) in [6.45, 7) is 9.24. The minimum atomic E-state index is -3.77. The van der Waals surface area contributed by atoms with E-state index in [1.165, 1.54) is 35.5 Å². The predicted octanol–water partition coefficient (Wildman–Crippen LogP) is 0.955. The van der Waals surface area contributed by atoms with E-state index in [9.17, 15) is 27.6 Å². The lowest BCUT2D eigenvalue weighted by Crippen LogP contribution is -2.48. The van der Waals surface area contributed by atoms with Gasteiger partial charge in [-0.25, -0.2) is 18.0 Å². The molecule has 0 aromatic heterocycles. The number of nitrogens with zero attached hydrogens (tertiary/aromatic N) is 2. The first kappa shape index (κ1) is 27.3. The summed E-state index contributed by atoms with van der Waals surface area (Å²) in [6, 6.07) is 3.90. The van der Waals surface area contributed by atoms with Gasteiger partial charge in [0.2, 0.25) is 10.0 Å². The summed E-state index contributed by atoms with van der Waals surface area (Å²) >= 11 is 0. The van der Waals surface area contributed by atoms with Gasteiger partial charge in [0.05, 0.1) is 4.90 Å². The molecule has 188 valence electrons. The Kier molecular flexibility index (Phi) is 9.16. The third kappa shape index (κ3) is 6.11. The van der Waals surface area contributed by atoms with E-state index in [0.29, 0.717) is 6.54 Å². The number of esters is 1. The van der Waals surface area contributed by atoms with Crippen molar-refractivity contribution >= 4 is 33.8 Å². The topological polar surface area (TPSA) is 142 Å². The van der Waals surface area contributed by atoms with Crippen molar-refractivity contribution in [3.8, 4) is 0 Å². The highest BCUT2D eigenvalue weighted by Crippen LogP contribution is 2.18. The SMILES string of the molecule is CCN(CC)S(=O)(=O)c1cccc(C(=O)N[C@H](C(=O)OC(C)C(=O)N2CCNC2=O)C(C)C)c1. The molecule has 1 aromatic carbocycles. The van der Waals surface area contributed by atoms with Crippen molar-refractivity contribution in [2.75, 3.05) is 26.2 Å². The number of sulfonamides is 1. The average molecular weight is 497 g/mol. The van der Waals surface area contributed by atoms with Crippen molar-refractivity contribution in [3.05, 3.63) is 29.8 Å². The maximum Gasteiger partial charge on any atom is 0.329 e. The van der Waals surface area contributed by atoms with E-state index in [1.54, 1.807) is 27.7 Å². The molecule has 0 spiro atoms. The number of amides is 4. The Labute approximate surface area is 199 Å². The summed E-state index contributed by atoms with van der Waals surface area (Å²) in [6.07, 6.45) is -1.22. The van der Waals surface area contributed by atoms with Crippen LogP contribution < -0.4 is 10.6 Å². The predicted molar refractivity (Wildman–Crippen MR) is 123 cm³/mol. The lowest BCUT2D eigenvalue weighted by molar-refractivity contribution is -0.160. The number of hydrogen-bond acceptors (Lipinski definition) is 7. The van der Waals surface area contributed by atoms with Crippen LogP contribution in [0.3, 0.4) is 0 Å². The second-order valence-corrected chi connectivity index (χ2v) is 10.1. The first-order chi connectivity index (χ1) is 15.9. The molecule has 0 bridgehead atoms. The van der Waals surface area contributed by atoms with Crippen molar-refractivity contribution in [1.29, 1.82) is 0 Å². The minimum Gasteiger partial charge on any atom is -0.451 e. The number of hydrogen-bond donors (Lipinski definition) is 2. The van der Waals surface area contributed by atoms with E-state index >= 15 is 0 Å². The van der Waals surface area contributed by atoms with Crippen LogP contribution in [0.2, 0.25) is 0 Å². The molecular formula is C22H32N4O7S. The Morgan fingerprint density at radius 2 is 1.82 bits per heavy atom. The Hall–Kier alpha value is -2.99. The van der Waals surface area contributed by atoms with Gasteiger partial charge in [-0.15, -0.1) is 0 Å². The number of carbonyl (C=O) groups excluding carboxylic acids is 4. The van der Waals surface area contributed by atoms with E-state index in [2.05, 4.69) is 10.6 Å². The van der Waals surface area contributed by atoms with E-state index in [1.807, 2.05) is 0 Å². The van der Waals surface area contributed by atoms with Crippen LogP contribution in [0.1, 0.15) is 45.0 Å². The molecule has 12 heteroatoms. The van der Waals surface area contributed by atoms with E-state index in [0.717, 1.165) is 4.90 Å². The van der Waals surface area contributed by atoms with Crippen molar-refractivity contribution < 1.29 is 32.3 Å². The van der Waals surface area contributed by atoms with Crippen LogP contribution in [0, 0.1) is 5.92 Å². The van der Waals surface area contributed by atoms with Gasteiger partial charge < -0.3 is 15.4 Å². The van der Waals surface area contributed by atoms with Crippen molar-refractivity contribution in [2.24, 2.45) is 5.92 Å². The van der Waals surface area contributed by atoms with Crippen LogP contribution in [0.4, 0.5) is 4.79 Å². The zero-order valence-electron chi connectivity index (χ0n) is 20.0. The highest BCUT2D eigenvalue weighted by Gasteiger charge is 2.34. The summed E-state index contributed by atoms with van der Waals surface area (Å²) in [5.41, 5.74) is 0.0598. The summed E-state index contributed by atoms with van der Waals surface area (Å²) in [7, 11) is -3.77. The van der Waals surface area contributed by atoms with Crippen LogP contribution in [-0.2, 0) is 24.3 Å². The summed E-state index contributed by atoms with van der Waals surface area (Å²) in [5, 5.41) is 5.06. The quantitative estimate of drug-likeness (QED) is 0.459. The number of benzene rings is 1. The lowest BCUT2D eigenvalue weighted by atomic mass is 10.0. The van der Waals surface area contributed by atoms with Gasteiger partial charge in [-0.05, 0) is 31.0 Å². The standard InChI is InChI=1S/C22H32N4O7S/c1-6-25(7-2)34(31,32)17-10-8-9-16(13-17)19(27)24-18(14(3)4)21(29)33-15(5)20(28)26-12-11-23-22(26)30/h8-10,13-15,18H,6-7,11-12H2,1-5H3,(H,23,30)(H,24,27)/t15?,18-/m0/s1. The zero-order chi connectivity index (χ0) is 25.6. The molecule has 1 saturated heterocycles. The molecule has 1 aliphatic heterocycles. The molecule has 1 fully saturated rings. The Bertz CT molecular complexity index is 1040. The summed E-state index contributed by atoms with van der Waals surface area (Å²) in [4.78, 5) is 50.6. The number of imide groups is 1. The second kappa shape index (κ2) is 11.4. The van der Waals surface area contributed by atoms with Gasteiger partial charge in [0.15, 0.2) is 6.10 Å². The molecule has 1 aromatic rings. The molecular weight excluding hydrogens is 464 g/mol. The minimum absolute atomic E-state index is 0.0318. The highest BCUT2D eigenvalue weighted by molar-refractivity contribution is 7.89. The fourth-order valence-electron chi connectivity index (χ4n) is 3.43. The summed E-state index contributed by atoms with van der Waals surface area (Å²) < 4.78 is 32.1. The maximum absolute atomic E-state index is 12.9. The summed E-state index contributed by atoms with van der Waals surface area (Å²) in [5.74, 6) is -2.55. The molecule has 1 unspecified atom stereocenters. The third-order valence-electron chi connectivity index (χ3n) is 5.41. The van der Waals surface area contributed by atoms with Gasteiger partial charge in [-0.2, -0.15) is 4.31 Å². The van der Waals surface area contributed by atoms with Gasteiger partial charge in [0.1, 0.15) is 6.04 Å². The van der Waals surface area contributed by atoms with Gasteiger partial charge in [0.25, 0.3) is 11.8 Å². The molecule has 34 heavy (non-hydrogen) atoms. The number of nitrogens with one attached hydrogen (secondary N) is 2. The number of urea groups is 1. The monoisotopic (exact) mass is 496 g/mol. The van der Waals surface area contributed by atoms with Gasteiger partial charge >= 0.3 is 12.0 Å². The first-order valence-corrected chi connectivity index (χ1v) is 12.6. The fourth-order valence-corrected chi connectivity index (χ4v) is 4.94. The smallest absolute Gasteiger partial charge is 0.329 e. The van der Waals surface area contributed by atoms with Crippen molar-refractivity contribution in [2.45, 2.75) is 51.7 Å². The van der Waals surface area contributed by atoms with Crippen LogP contribution in [0.25, 0.3) is 0 Å². The van der Waals surface area contributed by atoms with Gasteiger partial charge in [-0.3, -0.25) is 14.5 Å². The lowest BCUT2D eigenvalue weighted by Gasteiger charge is -2.24. The molecule has 2 rings (SSSR count). The fraction of sp³-hybridized carbons (Fsp3) is 0.545. The van der Waals surface area contributed by atoms with E-state index < -0.39 is 51.9 Å². The normalized spacial score (nSPS) is 15.7.